The maximum absolute atomic E-state index is 9.67. The minimum atomic E-state index is -1.76. The van der Waals surface area contributed by atoms with Gasteiger partial charge in [0.1, 0.15) is 0 Å². The predicted octanol–water partition coefficient (Wildman–Crippen LogP) is 5.02. The van der Waals surface area contributed by atoms with E-state index in [9.17, 15) is 20.4 Å². The lowest BCUT2D eigenvalue weighted by molar-refractivity contribution is 0.00857. The first kappa shape index (κ1) is 31.2. The van der Waals surface area contributed by atoms with Crippen LogP contribution < -0.4 is 0 Å². The molecule has 0 spiro atoms. The summed E-state index contributed by atoms with van der Waals surface area (Å²) < 4.78 is 6.21. The van der Waals surface area contributed by atoms with E-state index in [1.807, 2.05) is 6.92 Å². The molecule has 7 heteroatoms. The van der Waals surface area contributed by atoms with Crippen molar-refractivity contribution in [1.29, 1.82) is 0 Å². The minimum absolute atomic E-state index is 0.0242. The number of hydrogen-bond donors (Lipinski definition) is 4. The Balaban J connectivity index is 4.08. The van der Waals surface area contributed by atoms with Gasteiger partial charge in [-0.25, -0.2) is 0 Å². The average Bonchev–Trinajstić information content (AvgIpc) is 2.76. The molecular weight excluding hydrogens is 424 g/mol. The van der Waals surface area contributed by atoms with E-state index in [0.717, 1.165) is 25.3 Å². The van der Waals surface area contributed by atoms with Crippen molar-refractivity contribution in [1.82, 2.24) is 0 Å². The van der Waals surface area contributed by atoms with Crippen LogP contribution in [-0.4, -0.2) is 69.9 Å². The minimum Gasteiger partial charge on any atom is -0.417 e. The van der Waals surface area contributed by atoms with Crippen molar-refractivity contribution in [3.63, 3.8) is 0 Å². The quantitative estimate of drug-likeness (QED) is 0.146. The van der Waals surface area contributed by atoms with Crippen LogP contribution in [0.5, 0.6) is 0 Å². The Labute approximate surface area is 194 Å². The fraction of sp³-hybridized carbons (Fsp3) is 1.00. The smallest absolute Gasteiger partial charge is 0.186 e. The zero-order chi connectivity index (χ0) is 24.0. The van der Waals surface area contributed by atoms with Crippen LogP contribution in [0.4, 0.5) is 0 Å². The summed E-state index contributed by atoms with van der Waals surface area (Å²) in [5.41, 5.74) is -0.777. The Morgan fingerprint density at radius 2 is 1.06 bits per heavy atom. The number of hydrogen-bond acceptors (Lipinski definition) is 5. The molecule has 0 unspecified atom stereocenters. The summed E-state index contributed by atoms with van der Waals surface area (Å²) in [5.74, 6) is 0. The fourth-order valence-corrected chi connectivity index (χ4v) is 8.52. The summed E-state index contributed by atoms with van der Waals surface area (Å²) in [5, 5.41) is 38.5. The van der Waals surface area contributed by atoms with E-state index in [4.69, 9.17) is 4.43 Å². The van der Waals surface area contributed by atoms with Gasteiger partial charge in [-0.2, -0.15) is 0 Å². The normalized spacial score (nSPS) is 13.7. The van der Waals surface area contributed by atoms with Crippen LogP contribution >= 0.6 is 0 Å². The molecule has 0 aromatic rings. The van der Waals surface area contributed by atoms with Crippen LogP contribution in [0.2, 0.25) is 44.3 Å². The summed E-state index contributed by atoms with van der Waals surface area (Å²) in [7, 11) is -3.03. The zero-order valence-electron chi connectivity index (χ0n) is 21.5. The molecule has 0 aliphatic rings. The van der Waals surface area contributed by atoms with Gasteiger partial charge in [0, 0.05) is 25.5 Å². The first-order valence-electron chi connectivity index (χ1n) is 12.6. The van der Waals surface area contributed by atoms with E-state index in [2.05, 4.69) is 33.1 Å². The van der Waals surface area contributed by atoms with Crippen molar-refractivity contribution < 1.29 is 24.9 Å². The first-order valence-corrected chi connectivity index (χ1v) is 19.1. The van der Waals surface area contributed by atoms with Gasteiger partial charge in [-0.05, 0) is 38.4 Å². The highest BCUT2D eigenvalue weighted by molar-refractivity contribution is 6.77. The molecule has 0 aromatic carbocycles. The maximum atomic E-state index is 9.67. The van der Waals surface area contributed by atoms with Crippen LogP contribution in [-0.2, 0) is 4.43 Å². The van der Waals surface area contributed by atoms with E-state index in [1.165, 1.54) is 44.2 Å². The van der Waals surface area contributed by atoms with Gasteiger partial charge in [0.05, 0.1) is 26.4 Å². The van der Waals surface area contributed by atoms with Gasteiger partial charge in [-0.1, -0.05) is 71.1 Å². The predicted molar refractivity (Wildman–Crippen MR) is 137 cm³/mol. The average molecular weight is 479 g/mol. The molecule has 0 fully saturated rings. The molecule has 0 saturated heterocycles. The molecule has 0 saturated carbocycles. The molecule has 0 atom stereocenters. The number of aliphatic hydroxyl groups is 4. The first-order chi connectivity index (χ1) is 14.5. The van der Waals surface area contributed by atoms with Crippen LogP contribution in [0.1, 0.15) is 65.2 Å². The molecule has 5 nitrogen and oxygen atoms in total. The molecule has 0 rings (SSSR count). The van der Waals surface area contributed by atoms with Crippen molar-refractivity contribution >= 4 is 16.4 Å². The molecule has 31 heavy (non-hydrogen) atoms. The third kappa shape index (κ3) is 12.3. The van der Waals surface area contributed by atoms with E-state index in [0.29, 0.717) is 6.61 Å². The summed E-state index contributed by atoms with van der Waals surface area (Å²) >= 11 is 0. The largest absolute Gasteiger partial charge is 0.417 e. The second-order valence-electron chi connectivity index (χ2n) is 11.3. The third-order valence-electron chi connectivity index (χ3n) is 7.58. The van der Waals surface area contributed by atoms with Crippen molar-refractivity contribution in [2.45, 2.75) is 110 Å². The third-order valence-corrected chi connectivity index (χ3v) is 13.4. The topological polar surface area (TPSA) is 90.2 Å². The van der Waals surface area contributed by atoms with Crippen molar-refractivity contribution in [3.05, 3.63) is 0 Å². The maximum Gasteiger partial charge on any atom is 0.186 e. The Kier molecular flexibility index (Phi) is 15.3. The van der Waals surface area contributed by atoms with Crippen LogP contribution in [0.25, 0.3) is 0 Å². The van der Waals surface area contributed by atoms with Crippen molar-refractivity contribution in [2.75, 3.05) is 33.0 Å². The SMILES string of the molecule is CCC(CO)(CO)CC[Si](C)(C)CCCCCCC[Si](C)(C)OCC(CC)(CO)CO. The van der Waals surface area contributed by atoms with Crippen LogP contribution in [0.3, 0.4) is 0 Å². The monoisotopic (exact) mass is 478 g/mol. The molecule has 0 radical (unpaired) electrons. The lowest BCUT2D eigenvalue weighted by Crippen LogP contribution is -2.40. The lowest BCUT2D eigenvalue weighted by Gasteiger charge is -2.33. The Hall–Kier alpha value is 0.234. The summed E-state index contributed by atoms with van der Waals surface area (Å²) in [6.07, 6.45) is 8.80. The second-order valence-corrected chi connectivity index (χ2v) is 21.0. The second kappa shape index (κ2) is 15.2. The van der Waals surface area contributed by atoms with Gasteiger partial charge in [-0.3, -0.25) is 0 Å². The van der Waals surface area contributed by atoms with E-state index < -0.39 is 21.8 Å². The van der Waals surface area contributed by atoms with Gasteiger partial charge < -0.3 is 24.9 Å². The van der Waals surface area contributed by atoms with E-state index in [1.54, 1.807) is 0 Å². The van der Waals surface area contributed by atoms with Gasteiger partial charge in [0.15, 0.2) is 8.32 Å². The van der Waals surface area contributed by atoms with Gasteiger partial charge in [0.2, 0.25) is 0 Å². The van der Waals surface area contributed by atoms with Crippen LogP contribution in [0.15, 0.2) is 0 Å². The van der Waals surface area contributed by atoms with Crippen molar-refractivity contribution in [3.8, 4) is 0 Å². The molecule has 0 bridgehead atoms. The molecule has 0 aliphatic heterocycles. The summed E-state index contributed by atoms with van der Waals surface area (Å²) in [6.45, 7) is 14.0. The summed E-state index contributed by atoms with van der Waals surface area (Å²) in [4.78, 5) is 0. The van der Waals surface area contributed by atoms with E-state index >= 15 is 0 Å². The highest BCUT2D eigenvalue weighted by atomic mass is 28.4. The Bertz CT molecular complexity index is 393. The van der Waals surface area contributed by atoms with Gasteiger partial charge >= 0.3 is 0 Å². The number of rotatable bonds is 20. The highest BCUT2D eigenvalue weighted by Crippen LogP contribution is 2.32. The Morgan fingerprint density at radius 3 is 1.52 bits per heavy atom. The van der Waals surface area contributed by atoms with Crippen molar-refractivity contribution in [2.24, 2.45) is 10.8 Å². The molecule has 0 heterocycles. The molecule has 0 amide bonds. The zero-order valence-corrected chi connectivity index (χ0v) is 23.5. The molecule has 188 valence electrons. The van der Waals surface area contributed by atoms with Crippen LogP contribution in [0, 0.1) is 10.8 Å². The van der Waals surface area contributed by atoms with Gasteiger partial charge in [-0.15, -0.1) is 0 Å². The molecule has 0 aromatic heterocycles. The fourth-order valence-electron chi connectivity index (χ4n) is 3.91. The Morgan fingerprint density at radius 1 is 0.613 bits per heavy atom. The lowest BCUT2D eigenvalue weighted by atomic mass is 9.84. The molecule has 0 aliphatic carbocycles. The van der Waals surface area contributed by atoms with E-state index in [-0.39, 0.29) is 31.8 Å². The highest BCUT2D eigenvalue weighted by Gasteiger charge is 2.32. The van der Waals surface area contributed by atoms with Gasteiger partial charge in [0.25, 0.3) is 0 Å². The summed E-state index contributed by atoms with van der Waals surface area (Å²) in [6, 6.07) is 3.64. The number of unbranched alkanes of at least 4 members (excludes halogenated alkanes) is 4. The molecule has 4 N–H and O–H groups in total. The standard InChI is InChI=1S/C24H54O5Si2/c1-7-23(18-25,19-26)14-17-30(3,4)15-12-10-9-11-13-16-31(5,6)29-22-24(8-2,20-27)21-28/h25-28H,7-22H2,1-6H3. The number of aliphatic hydroxyl groups excluding tert-OH is 4. The molecular formula is C24H54O5Si2.